The summed E-state index contributed by atoms with van der Waals surface area (Å²) in [5, 5.41) is 2.72. The number of rotatable bonds is 6. The maximum absolute atomic E-state index is 12.6. The van der Waals surface area contributed by atoms with Gasteiger partial charge in [-0.25, -0.2) is 0 Å². The average Bonchev–Trinajstić information content (AvgIpc) is 3.31. The summed E-state index contributed by atoms with van der Waals surface area (Å²) >= 11 is 0. The van der Waals surface area contributed by atoms with Gasteiger partial charge in [0.1, 0.15) is 18.9 Å². The summed E-state index contributed by atoms with van der Waals surface area (Å²) in [5.74, 6) is -0.397. The second-order valence-corrected chi connectivity index (χ2v) is 6.97. The summed E-state index contributed by atoms with van der Waals surface area (Å²) in [7, 11) is 0. The van der Waals surface area contributed by atoms with Gasteiger partial charge in [0.05, 0.1) is 11.8 Å². The van der Waals surface area contributed by atoms with E-state index in [-0.39, 0.29) is 60.3 Å². The van der Waals surface area contributed by atoms with Gasteiger partial charge in [-0.05, 0) is 42.5 Å². The number of anilines is 1. The second-order valence-electron chi connectivity index (χ2n) is 6.97. The van der Waals surface area contributed by atoms with Crippen LogP contribution in [0.25, 0.3) is 0 Å². The van der Waals surface area contributed by atoms with E-state index in [9.17, 15) is 14.4 Å². The summed E-state index contributed by atoms with van der Waals surface area (Å²) in [6, 6.07) is 6.86. The van der Waals surface area contributed by atoms with E-state index in [0.717, 1.165) is 11.3 Å². The molecule has 8 heteroatoms. The van der Waals surface area contributed by atoms with E-state index in [1.807, 2.05) is 12.2 Å². The molecule has 144 valence electrons. The minimum absolute atomic E-state index is 0. The lowest BCUT2D eigenvalue weighted by atomic mass is 9.85. The Bertz CT molecular complexity index is 750. The Labute approximate surface area is 163 Å². The van der Waals surface area contributed by atoms with Gasteiger partial charge in [0.25, 0.3) is 0 Å². The van der Waals surface area contributed by atoms with E-state index in [0.29, 0.717) is 24.6 Å². The normalized spacial score (nSPS) is 27.5. The molecule has 1 aromatic rings. The number of halogens is 1. The standard InChI is InChI=1S/C19H21N3O4.ClH/c20-7-8-26-14-5-3-13(4-6-14)21-15(23)10-22-18(24)16-11-1-2-12(9-11)17(16)19(22)25;/h1-6,11-12,16-17H,7-10,20H2,(H,21,23);1H. The molecule has 2 fully saturated rings. The third-order valence-electron chi connectivity index (χ3n) is 5.39. The zero-order chi connectivity index (χ0) is 18.3. The first kappa shape index (κ1) is 19.4. The lowest BCUT2D eigenvalue weighted by Gasteiger charge is -2.17. The lowest BCUT2D eigenvalue weighted by Crippen LogP contribution is -2.39. The number of hydrogen-bond donors (Lipinski definition) is 2. The van der Waals surface area contributed by atoms with Crippen molar-refractivity contribution in [2.75, 3.05) is 25.0 Å². The van der Waals surface area contributed by atoms with Crippen LogP contribution >= 0.6 is 12.4 Å². The van der Waals surface area contributed by atoms with E-state index in [4.69, 9.17) is 10.5 Å². The Hall–Kier alpha value is -2.38. The summed E-state index contributed by atoms with van der Waals surface area (Å²) in [4.78, 5) is 38.6. The summed E-state index contributed by atoms with van der Waals surface area (Å²) < 4.78 is 5.38. The van der Waals surface area contributed by atoms with Gasteiger partial charge >= 0.3 is 0 Å². The topological polar surface area (TPSA) is 102 Å². The molecule has 2 bridgehead atoms. The largest absolute Gasteiger partial charge is 0.492 e. The predicted octanol–water partition coefficient (Wildman–Crippen LogP) is 1.19. The number of nitrogens with two attached hydrogens (primary N) is 1. The molecule has 3 amide bonds. The third kappa shape index (κ3) is 3.44. The van der Waals surface area contributed by atoms with Crippen LogP contribution in [0.2, 0.25) is 0 Å². The average molecular weight is 392 g/mol. The van der Waals surface area contributed by atoms with Gasteiger partial charge in [-0.1, -0.05) is 12.2 Å². The predicted molar refractivity (Wildman–Crippen MR) is 101 cm³/mol. The van der Waals surface area contributed by atoms with Gasteiger partial charge < -0.3 is 15.8 Å². The van der Waals surface area contributed by atoms with Crippen LogP contribution in [0, 0.1) is 23.7 Å². The molecule has 0 radical (unpaired) electrons. The van der Waals surface area contributed by atoms with Crippen LogP contribution in [-0.2, 0) is 14.4 Å². The number of amides is 3. The van der Waals surface area contributed by atoms with E-state index in [2.05, 4.69) is 5.32 Å². The van der Waals surface area contributed by atoms with Gasteiger partial charge in [-0.3, -0.25) is 19.3 Å². The van der Waals surface area contributed by atoms with Crippen molar-refractivity contribution in [1.29, 1.82) is 0 Å². The smallest absolute Gasteiger partial charge is 0.244 e. The molecule has 1 saturated heterocycles. The van der Waals surface area contributed by atoms with Crippen LogP contribution in [0.5, 0.6) is 5.75 Å². The molecule has 4 rings (SSSR count). The van der Waals surface area contributed by atoms with E-state index < -0.39 is 0 Å². The molecule has 4 unspecified atom stereocenters. The first-order valence-corrected chi connectivity index (χ1v) is 8.85. The summed E-state index contributed by atoms with van der Waals surface area (Å²) in [6.07, 6.45) is 4.95. The van der Waals surface area contributed by atoms with Gasteiger partial charge in [-0.15, -0.1) is 12.4 Å². The minimum atomic E-state index is -0.386. The van der Waals surface area contributed by atoms with Crippen molar-refractivity contribution in [3.8, 4) is 5.75 Å². The third-order valence-corrected chi connectivity index (χ3v) is 5.39. The molecule has 7 nitrogen and oxygen atoms in total. The first-order valence-electron chi connectivity index (χ1n) is 8.85. The number of imide groups is 1. The van der Waals surface area contributed by atoms with Crippen molar-refractivity contribution in [2.24, 2.45) is 29.4 Å². The zero-order valence-electron chi connectivity index (χ0n) is 14.7. The highest BCUT2D eigenvalue weighted by Crippen LogP contribution is 2.52. The van der Waals surface area contributed by atoms with Gasteiger partial charge in [0.2, 0.25) is 17.7 Å². The van der Waals surface area contributed by atoms with Gasteiger partial charge in [0.15, 0.2) is 0 Å². The number of likely N-dealkylation sites (tertiary alicyclic amines) is 1. The Morgan fingerprint density at radius 1 is 1.11 bits per heavy atom. The number of carbonyl (C=O) groups excluding carboxylic acids is 3. The molecule has 4 atom stereocenters. The molecule has 1 aromatic carbocycles. The van der Waals surface area contributed by atoms with Crippen LogP contribution in [0.3, 0.4) is 0 Å². The molecule has 0 spiro atoms. The fourth-order valence-corrected chi connectivity index (χ4v) is 4.28. The Balaban J connectivity index is 0.00000210. The zero-order valence-corrected chi connectivity index (χ0v) is 15.5. The Morgan fingerprint density at radius 3 is 2.26 bits per heavy atom. The van der Waals surface area contributed by atoms with Crippen molar-refractivity contribution >= 4 is 35.8 Å². The Morgan fingerprint density at radius 2 is 1.70 bits per heavy atom. The molecule has 1 aliphatic heterocycles. The monoisotopic (exact) mass is 391 g/mol. The minimum Gasteiger partial charge on any atom is -0.492 e. The maximum atomic E-state index is 12.6. The van der Waals surface area contributed by atoms with Crippen LogP contribution in [0.4, 0.5) is 5.69 Å². The number of carbonyl (C=O) groups is 3. The van der Waals surface area contributed by atoms with Crippen molar-refractivity contribution in [3.63, 3.8) is 0 Å². The highest BCUT2D eigenvalue weighted by molar-refractivity contribution is 6.09. The van der Waals surface area contributed by atoms with E-state index in [1.54, 1.807) is 24.3 Å². The second kappa shape index (κ2) is 7.70. The maximum Gasteiger partial charge on any atom is 0.244 e. The van der Waals surface area contributed by atoms with Crippen molar-refractivity contribution in [2.45, 2.75) is 6.42 Å². The Kier molecular flexibility index (Phi) is 5.53. The quantitative estimate of drug-likeness (QED) is 0.560. The van der Waals surface area contributed by atoms with Gasteiger partial charge in [0, 0.05) is 12.2 Å². The molecule has 1 heterocycles. The van der Waals surface area contributed by atoms with Crippen LogP contribution in [0.1, 0.15) is 6.42 Å². The number of benzene rings is 1. The summed E-state index contributed by atoms with van der Waals surface area (Å²) in [6.45, 7) is 0.606. The van der Waals surface area contributed by atoms with Crippen molar-refractivity contribution < 1.29 is 19.1 Å². The fourth-order valence-electron chi connectivity index (χ4n) is 4.28. The number of allylic oxidation sites excluding steroid dienone is 2. The molecular formula is C19H22ClN3O4. The number of nitrogens with zero attached hydrogens (tertiary/aromatic N) is 1. The highest BCUT2D eigenvalue weighted by Gasteiger charge is 2.59. The number of fused-ring (bicyclic) bond motifs is 5. The number of nitrogens with one attached hydrogen (secondary N) is 1. The van der Waals surface area contributed by atoms with Crippen molar-refractivity contribution in [1.82, 2.24) is 4.90 Å². The van der Waals surface area contributed by atoms with E-state index in [1.165, 1.54) is 0 Å². The van der Waals surface area contributed by atoms with Crippen LogP contribution < -0.4 is 15.8 Å². The number of ether oxygens (including phenoxy) is 1. The molecule has 1 saturated carbocycles. The number of hydrogen-bond acceptors (Lipinski definition) is 5. The van der Waals surface area contributed by atoms with Crippen LogP contribution in [0.15, 0.2) is 36.4 Å². The molecular weight excluding hydrogens is 370 g/mol. The van der Waals surface area contributed by atoms with E-state index >= 15 is 0 Å². The molecule has 3 N–H and O–H groups in total. The first-order chi connectivity index (χ1) is 12.6. The lowest BCUT2D eigenvalue weighted by molar-refractivity contribution is -0.143. The fraction of sp³-hybridized carbons (Fsp3) is 0.421. The van der Waals surface area contributed by atoms with Gasteiger partial charge in [-0.2, -0.15) is 0 Å². The van der Waals surface area contributed by atoms with Crippen LogP contribution in [-0.4, -0.2) is 42.3 Å². The van der Waals surface area contributed by atoms with Crippen molar-refractivity contribution in [3.05, 3.63) is 36.4 Å². The summed E-state index contributed by atoms with van der Waals surface area (Å²) in [5.41, 5.74) is 5.96. The molecule has 0 aromatic heterocycles. The SMILES string of the molecule is Cl.NCCOc1ccc(NC(=O)CN2C(=O)C3C4C=CC(C4)C3C2=O)cc1. The highest BCUT2D eigenvalue weighted by atomic mass is 35.5. The molecule has 3 aliphatic rings. The molecule has 27 heavy (non-hydrogen) atoms. The molecule has 2 aliphatic carbocycles.